The minimum atomic E-state index is -2.20. The second-order valence-corrected chi connectivity index (χ2v) is 11.9. The van der Waals surface area contributed by atoms with E-state index in [0.29, 0.717) is 12.4 Å². The predicted octanol–water partition coefficient (Wildman–Crippen LogP) is 4.34. The number of ether oxygens (including phenoxy) is 1. The molecule has 0 bridgehead atoms. The number of benzene rings is 1. The van der Waals surface area contributed by atoms with Crippen molar-refractivity contribution < 1.29 is 14.5 Å². The summed E-state index contributed by atoms with van der Waals surface area (Å²) in [5, 5.41) is 10.7. The van der Waals surface area contributed by atoms with Crippen LogP contribution in [0.5, 0.6) is 5.75 Å². The molecule has 21 heavy (non-hydrogen) atoms. The first-order chi connectivity index (χ1) is 9.54. The number of hydrogen-bond donors (Lipinski definition) is 1. The van der Waals surface area contributed by atoms with Gasteiger partial charge in [-0.3, -0.25) is 10.1 Å². The van der Waals surface area contributed by atoms with Gasteiger partial charge < -0.3 is 9.53 Å². The van der Waals surface area contributed by atoms with E-state index in [9.17, 15) is 14.9 Å². The molecule has 1 aromatic carbocycles. The molecule has 1 N–H and O–H groups in total. The Hall–Kier alpha value is -0.673. The molecule has 0 amide bonds. The summed E-state index contributed by atoms with van der Waals surface area (Å²) < 4.78 is 6.51. The molecule has 0 aliphatic rings. The Bertz CT molecular complexity index is 514. The van der Waals surface area contributed by atoms with Gasteiger partial charge in [0.05, 0.1) is 21.2 Å². The number of nitro benzene ring substituents is 1. The second kappa shape index (κ2) is 7.06. The maximum Gasteiger partial charge on any atom is 0.273 e. The maximum absolute atomic E-state index is 10.8. The summed E-state index contributed by atoms with van der Waals surface area (Å²) in [7, 11) is -2.20. The zero-order valence-corrected chi connectivity index (χ0v) is 16.0. The number of nitro groups is 1. The lowest BCUT2D eigenvalue weighted by Crippen LogP contribution is -2.39. The minimum Gasteiger partial charge on any atom is -0.492 e. The van der Waals surface area contributed by atoms with Gasteiger partial charge in [0.2, 0.25) is 0 Å². The highest BCUT2D eigenvalue weighted by atomic mass is 127. The first kappa shape index (κ1) is 18.4. The SMILES string of the molecule is CC(C)(CCCOc1cc([N+](=O)[O-])ccc1I)[Si](C)(C)O. The third kappa shape index (κ3) is 5.22. The highest BCUT2D eigenvalue weighted by Gasteiger charge is 2.37. The molecule has 0 spiro atoms. The zero-order chi connectivity index (χ0) is 16.3. The average Bonchev–Trinajstić information content (AvgIpc) is 2.34. The Morgan fingerprint density at radius 2 is 2.05 bits per heavy atom. The van der Waals surface area contributed by atoms with Gasteiger partial charge in [-0.05, 0) is 59.6 Å². The third-order valence-electron chi connectivity index (χ3n) is 3.99. The van der Waals surface area contributed by atoms with Crippen molar-refractivity contribution in [1.82, 2.24) is 0 Å². The van der Waals surface area contributed by atoms with Gasteiger partial charge in [0.25, 0.3) is 5.69 Å². The van der Waals surface area contributed by atoms with Gasteiger partial charge >= 0.3 is 0 Å². The second-order valence-electron chi connectivity index (χ2n) is 6.27. The van der Waals surface area contributed by atoms with Gasteiger partial charge in [-0.2, -0.15) is 0 Å². The highest BCUT2D eigenvalue weighted by Crippen LogP contribution is 2.39. The van der Waals surface area contributed by atoms with Crippen LogP contribution in [0.3, 0.4) is 0 Å². The van der Waals surface area contributed by atoms with Crippen LogP contribution in [0.1, 0.15) is 26.7 Å². The molecule has 0 heterocycles. The van der Waals surface area contributed by atoms with Crippen LogP contribution in [0.15, 0.2) is 18.2 Å². The maximum atomic E-state index is 10.8. The lowest BCUT2D eigenvalue weighted by Gasteiger charge is -2.35. The number of hydrogen-bond acceptors (Lipinski definition) is 4. The van der Waals surface area contributed by atoms with E-state index in [1.54, 1.807) is 6.07 Å². The number of non-ortho nitro benzene ring substituents is 1. The molecule has 0 atom stereocenters. The molecular formula is C14H22INO4Si. The summed E-state index contributed by atoms with van der Waals surface area (Å²) in [6, 6.07) is 4.61. The van der Waals surface area contributed by atoms with E-state index < -0.39 is 13.2 Å². The Labute approximate surface area is 140 Å². The van der Waals surface area contributed by atoms with Crippen molar-refractivity contribution in [2.45, 2.75) is 44.8 Å². The first-order valence-corrected chi connectivity index (χ1v) is 10.9. The van der Waals surface area contributed by atoms with Crippen molar-refractivity contribution >= 4 is 36.6 Å². The largest absolute Gasteiger partial charge is 0.492 e. The highest BCUT2D eigenvalue weighted by molar-refractivity contribution is 14.1. The summed E-state index contributed by atoms with van der Waals surface area (Å²) in [6.07, 6.45) is 1.68. The summed E-state index contributed by atoms with van der Waals surface area (Å²) in [4.78, 5) is 20.6. The Morgan fingerprint density at radius 3 is 2.57 bits per heavy atom. The number of nitrogens with zero attached hydrogens (tertiary/aromatic N) is 1. The molecule has 0 unspecified atom stereocenters. The van der Waals surface area contributed by atoms with Crippen LogP contribution in [0.2, 0.25) is 18.1 Å². The number of rotatable bonds is 7. The summed E-state index contributed by atoms with van der Waals surface area (Å²) in [5.41, 5.74) is 0.0367. The quantitative estimate of drug-likeness (QED) is 0.233. The van der Waals surface area contributed by atoms with Crippen LogP contribution in [0.25, 0.3) is 0 Å². The lowest BCUT2D eigenvalue weighted by atomic mass is 10.1. The van der Waals surface area contributed by atoms with Crippen LogP contribution < -0.4 is 4.74 Å². The molecule has 0 fully saturated rings. The smallest absolute Gasteiger partial charge is 0.273 e. The fourth-order valence-electron chi connectivity index (χ4n) is 1.72. The predicted molar refractivity (Wildman–Crippen MR) is 94.3 cm³/mol. The van der Waals surface area contributed by atoms with E-state index >= 15 is 0 Å². The molecular weight excluding hydrogens is 401 g/mol. The van der Waals surface area contributed by atoms with Crippen LogP contribution in [0, 0.1) is 13.7 Å². The summed E-state index contributed by atoms with van der Waals surface area (Å²) in [5.74, 6) is 0.545. The normalized spacial score (nSPS) is 12.3. The van der Waals surface area contributed by atoms with Gasteiger partial charge in [-0.15, -0.1) is 0 Å². The van der Waals surface area contributed by atoms with E-state index in [0.717, 1.165) is 16.4 Å². The van der Waals surface area contributed by atoms with Crippen LogP contribution in [0.4, 0.5) is 5.69 Å². The van der Waals surface area contributed by atoms with Gasteiger partial charge in [-0.1, -0.05) is 13.8 Å². The van der Waals surface area contributed by atoms with E-state index in [2.05, 4.69) is 36.4 Å². The average molecular weight is 423 g/mol. The van der Waals surface area contributed by atoms with Gasteiger partial charge in [0.1, 0.15) is 5.75 Å². The fourth-order valence-corrected chi connectivity index (χ4v) is 3.00. The molecule has 1 rings (SSSR count). The molecule has 5 nitrogen and oxygen atoms in total. The van der Waals surface area contributed by atoms with Crippen molar-refractivity contribution in [1.29, 1.82) is 0 Å². The minimum absolute atomic E-state index is 0.0367. The molecule has 0 saturated carbocycles. The molecule has 0 aliphatic carbocycles. The Morgan fingerprint density at radius 1 is 1.43 bits per heavy atom. The lowest BCUT2D eigenvalue weighted by molar-refractivity contribution is -0.385. The van der Waals surface area contributed by atoms with Gasteiger partial charge in [0.15, 0.2) is 8.32 Å². The van der Waals surface area contributed by atoms with Crippen LogP contribution in [-0.2, 0) is 0 Å². The first-order valence-electron chi connectivity index (χ1n) is 6.84. The summed E-state index contributed by atoms with van der Waals surface area (Å²) in [6.45, 7) is 8.53. The topological polar surface area (TPSA) is 72.6 Å². The van der Waals surface area contributed by atoms with E-state index in [1.807, 2.05) is 13.1 Å². The monoisotopic (exact) mass is 423 g/mol. The van der Waals surface area contributed by atoms with Crippen molar-refractivity contribution in [3.05, 3.63) is 31.9 Å². The number of halogens is 1. The fraction of sp³-hybridized carbons (Fsp3) is 0.571. The molecule has 0 radical (unpaired) electrons. The molecule has 0 aromatic heterocycles. The Balaban J connectivity index is 2.57. The molecule has 7 heteroatoms. The molecule has 0 saturated heterocycles. The van der Waals surface area contributed by atoms with E-state index in [1.165, 1.54) is 12.1 Å². The van der Waals surface area contributed by atoms with E-state index in [4.69, 9.17) is 4.74 Å². The Kier molecular flexibility index (Phi) is 6.18. The van der Waals surface area contributed by atoms with Gasteiger partial charge in [0, 0.05) is 6.07 Å². The van der Waals surface area contributed by atoms with Crippen molar-refractivity contribution in [3.8, 4) is 5.75 Å². The zero-order valence-electron chi connectivity index (χ0n) is 12.9. The summed E-state index contributed by atoms with van der Waals surface area (Å²) >= 11 is 2.10. The van der Waals surface area contributed by atoms with Crippen molar-refractivity contribution in [2.75, 3.05) is 6.61 Å². The van der Waals surface area contributed by atoms with Crippen molar-refractivity contribution in [2.24, 2.45) is 0 Å². The van der Waals surface area contributed by atoms with E-state index in [-0.39, 0.29) is 10.7 Å². The standard InChI is InChI=1S/C14H22INO4Si/c1-14(2,21(3,4)19)8-5-9-20-13-10-11(16(17)18)6-7-12(13)15/h6-7,10,19H,5,8-9H2,1-4H3. The van der Waals surface area contributed by atoms with Gasteiger partial charge in [-0.25, -0.2) is 0 Å². The third-order valence-corrected chi connectivity index (χ3v) is 8.44. The molecule has 0 aliphatic heterocycles. The van der Waals surface area contributed by atoms with Crippen LogP contribution >= 0.6 is 22.6 Å². The van der Waals surface area contributed by atoms with Crippen LogP contribution in [-0.4, -0.2) is 24.6 Å². The molecule has 118 valence electrons. The molecule has 1 aromatic rings. The van der Waals surface area contributed by atoms with Crippen molar-refractivity contribution in [3.63, 3.8) is 0 Å².